The third kappa shape index (κ3) is 2.86. The maximum atomic E-state index is 14.1. The molecule has 1 heterocycles. The summed E-state index contributed by atoms with van der Waals surface area (Å²) >= 11 is 0. The predicted molar refractivity (Wildman–Crippen MR) is 77.7 cm³/mol. The molecular formula is C16H24F2N2. The number of halogens is 2. The van der Waals surface area contributed by atoms with Gasteiger partial charge in [-0.2, -0.15) is 0 Å². The van der Waals surface area contributed by atoms with Crippen LogP contribution < -0.4 is 5.32 Å². The van der Waals surface area contributed by atoms with Crippen LogP contribution in [0.4, 0.5) is 8.78 Å². The highest BCUT2D eigenvalue weighted by Crippen LogP contribution is 2.35. The Bertz CT molecular complexity index is 434. The zero-order valence-corrected chi connectivity index (χ0v) is 12.5. The van der Waals surface area contributed by atoms with Crippen molar-refractivity contribution in [2.24, 2.45) is 0 Å². The van der Waals surface area contributed by atoms with Gasteiger partial charge in [0.25, 0.3) is 0 Å². The molecule has 1 aliphatic heterocycles. The summed E-state index contributed by atoms with van der Waals surface area (Å²) in [5.74, 6) is -0.938. The second kappa shape index (κ2) is 6.19. The fourth-order valence-electron chi connectivity index (χ4n) is 3.17. The van der Waals surface area contributed by atoms with E-state index in [1.807, 2.05) is 6.92 Å². The number of rotatable bonds is 5. The third-order valence-corrected chi connectivity index (χ3v) is 4.32. The number of hydrogen-bond donors (Lipinski definition) is 1. The first-order valence-electron chi connectivity index (χ1n) is 7.40. The molecule has 0 spiro atoms. The van der Waals surface area contributed by atoms with Crippen molar-refractivity contribution in [3.05, 3.63) is 35.4 Å². The van der Waals surface area contributed by atoms with E-state index in [0.717, 1.165) is 25.9 Å². The Morgan fingerprint density at radius 2 is 1.75 bits per heavy atom. The van der Waals surface area contributed by atoms with E-state index in [2.05, 4.69) is 24.1 Å². The van der Waals surface area contributed by atoms with Gasteiger partial charge in [-0.15, -0.1) is 0 Å². The van der Waals surface area contributed by atoms with Gasteiger partial charge in [-0.3, -0.25) is 4.90 Å². The molecule has 0 bridgehead atoms. The van der Waals surface area contributed by atoms with Gasteiger partial charge in [0.1, 0.15) is 11.6 Å². The standard InChI is InChI=1S/C16H24F2N2/c1-4-19-15(14-12(17)8-7-9-13(14)18)16(2,3)20-10-5-6-11-20/h7-9,15,19H,4-6,10-11H2,1-3H3. The Morgan fingerprint density at radius 3 is 2.25 bits per heavy atom. The maximum absolute atomic E-state index is 14.1. The summed E-state index contributed by atoms with van der Waals surface area (Å²) in [7, 11) is 0. The molecule has 0 amide bonds. The van der Waals surface area contributed by atoms with Crippen LogP contribution in [0.25, 0.3) is 0 Å². The summed E-state index contributed by atoms with van der Waals surface area (Å²) in [6.45, 7) is 8.76. The Labute approximate surface area is 120 Å². The number of likely N-dealkylation sites (N-methyl/N-ethyl adjacent to an activating group) is 1. The Morgan fingerprint density at radius 1 is 1.20 bits per heavy atom. The van der Waals surface area contributed by atoms with Gasteiger partial charge < -0.3 is 5.32 Å². The number of likely N-dealkylation sites (tertiary alicyclic amines) is 1. The predicted octanol–water partition coefficient (Wildman–Crippen LogP) is 3.49. The van der Waals surface area contributed by atoms with Crippen LogP contribution in [-0.2, 0) is 0 Å². The molecule has 1 fully saturated rings. The quantitative estimate of drug-likeness (QED) is 0.889. The van der Waals surface area contributed by atoms with Crippen LogP contribution >= 0.6 is 0 Å². The normalized spacial score (nSPS) is 18.4. The lowest BCUT2D eigenvalue weighted by Crippen LogP contribution is -2.52. The van der Waals surface area contributed by atoms with Gasteiger partial charge in [-0.1, -0.05) is 13.0 Å². The first-order valence-corrected chi connectivity index (χ1v) is 7.40. The van der Waals surface area contributed by atoms with Crippen LogP contribution in [0.1, 0.15) is 45.2 Å². The fraction of sp³-hybridized carbons (Fsp3) is 0.625. The first kappa shape index (κ1) is 15.4. The van der Waals surface area contributed by atoms with Gasteiger partial charge in [0.15, 0.2) is 0 Å². The molecule has 0 radical (unpaired) electrons. The van der Waals surface area contributed by atoms with Crippen LogP contribution in [-0.4, -0.2) is 30.1 Å². The second-order valence-electron chi connectivity index (χ2n) is 5.97. The van der Waals surface area contributed by atoms with Gasteiger partial charge in [0.2, 0.25) is 0 Å². The summed E-state index contributed by atoms with van der Waals surface area (Å²) < 4.78 is 28.3. The minimum absolute atomic E-state index is 0.159. The zero-order valence-electron chi connectivity index (χ0n) is 12.5. The fourth-order valence-corrected chi connectivity index (χ4v) is 3.17. The lowest BCUT2D eigenvalue weighted by Gasteiger charge is -2.43. The monoisotopic (exact) mass is 282 g/mol. The number of benzene rings is 1. The third-order valence-electron chi connectivity index (χ3n) is 4.32. The van der Waals surface area contributed by atoms with Gasteiger partial charge in [-0.05, 0) is 58.5 Å². The van der Waals surface area contributed by atoms with E-state index in [0.29, 0.717) is 6.54 Å². The van der Waals surface area contributed by atoms with Gasteiger partial charge in [0.05, 0.1) is 6.04 Å². The van der Waals surface area contributed by atoms with E-state index in [9.17, 15) is 8.78 Å². The SMILES string of the molecule is CCNC(c1c(F)cccc1F)C(C)(C)N1CCCC1. The van der Waals surface area contributed by atoms with Gasteiger partial charge in [0, 0.05) is 11.1 Å². The van der Waals surface area contributed by atoms with Crippen LogP contribution in [0.2, 0.25) is 0 Å². The average Bonchev–Trinajstić information content (AvgIpc) is 2.92. The molecule has 1 saturated heterocycles. The van der Waals surface area contributed by atoms with Crippen LogP contribution in [0.5, 0.6) is 0 Å². The smallest absolute Gasteiger partial charge is 0.130 e. The van der Waals surface area contributed by atoms with Crippen molar-refractivity contribution in [3.63, 3.8) is 0 Å². The molecule has 2 rings (SSSR count). The highest BCUT2D eigenvalue weighted by Gasteiger charge is 2.39. The molecule has 1 aliphatic rings. The number of nitrogens with one attached hydrogen (secondary N) is 1. The minimum atomic E-state index is -0.469. The lowest BCUT2D eigenvalue weighted by atomic mass is 9.86. The molecule has 1 atom stereocenters. The van der Waals surface area contributed by atoms with Crippen molar-refractivity contribution in [2.45, 2.75) is 45.2 Å². The number of hydrogen-bond acceptors (Lipinski definition) is 2. The second-order valence-corrected chi connectivity index (χ2v) is 5.97. The van der Waals surface area contributed by atoms with E-state index >= 15 is 0 Å². The van der Waals surface area contributed by atoms with E-state index < -0.39 is 11.6 Å². The van der Waals surface area contributed by atoms with Crippen molar-refractivity contribution < 1.29 is 8.78 Å². The van der Waals surface area contributed by atoms with E-state index in [1.54, 1.807) is 0 Å². The largest absolute Gasteiger partial charge is 0.309 e. The molecule has 20 heavy (non-hydrogen) atoms. The van der Waals surface area contributed by atoms with Crippen molar-refractivity contribution in [1.29, 1.82) is 0 Å². The molecule has 1 aromatic carbocycles. The highest BCUT2D eigenvalue weighted by molar-refractivity contribution is 5.26. The topological polar surface area (TPSA) is 15.3 Å². The van der Waals surface area contributed by atoms with E-state index in [1.165, 1.54) is 18.2 Å². The molecule has 1 unspecified atom stereocenters. The van der Waals surface area contributed by atoms with Gasteiger partial charge in [-0.25, -0.2) is 8.78 Å². The summed E-state index contributed by atoms with van der Waals surface area (Å²) in [6.07, 6.45) is 2.31. The molecular weight excluding hydrogens is 258 g/mol. The first-order chi connectivity index (χ1) is 9.48. The van der Waals surface area contributed by atoms with Crippen molar-refractivity contribution in [1.82, 2.24) is 10.2 Å². The van der Waals surface area contributed by atoms with Crippen LogP contribution in [0.3, 0.4) is 0 Å². The Kier molecular flexibility index (Phi) is 4.76. The van der Waals surface area contributed by atoms with E-state index in [4.69, 9.17) is 0 Å². The molecule has 0 saturated carbocycles. The molecule has 1 aromatic rings. The molecule has 0 aliphatic carbocycles. The van der Waals surface area contributed by atoms with E-state index in [-0.39, 0.29) is 17.1 Å². The van der Waals surface area contributed by atoms with Crippen molar-refractivity contribution in [2.75, 3.05) is 19.6 Å². The molecule has 0 aromatic heterocycles. The van der Waals surface area contributed by atoms with Crippen molar-refractivity contribution in [3.8, 4) is 0 Å². The summed E-state index contributed by atoms with van der Waals surface area (Å²) in [5.41, 5.74) is -0.165. The molecule has 2 nitrogen and oxygen atoms in total. The number of nitrogens with zero attached hydrogens (tertiary/aromatic N) is 1. The molecule has 1 N–H and O–H groups in total. The van der Waals surface area contributed by atoms with Crippen molar-refractivity contribution >= 4 is 0 Å². The van der Waals surface area contributed by atoms with Crippen LogP contribution in [0.15, 0.2) is 18.2 Å². The minimum Gasteiger partial charge on any atom is -0.309 e. The molecule has 4 heteroatoms. The maximum Gasteiger partial charge on any atom is 0.130 e. The highest BCUT2D eigenvalue weighted by atomic mass is 19.1. The summed E-state index contributed by atoms with van der Waals surface area (Å²) in [5, 5.41) is 3.28. The van der Waals surface area contributed by atoms with Gasteiger partial charge >= 0.3 is 0 Å². The summed E-state index contributed by atoms with van der Waals surface area (Å²) in [4.78, 5) is 2.33. The Balaban J connectivity index is 2.39. The lowest BCUT2D eigenvalue weighted by molar-refractivity contribution is 0.104. The van der Waals surface area contributed by atoms with Crippen LogP contribution in [0, 0.1) is 11.6 Å². The summed E-state index contributed by atoms with van der Waals surface area (Å²) in [6, 6.07) is 3.73. The Hall–Kier alpha value is -1.00. The molecule has 112 valence electrons. The zero-order chi connectivity index (χ0) is 14.8. The average molecular weight is 282 g/mol.